The lowest BCUT2D eigenvalue weighted by Crippen LogP contribution is -2.14. The minimum atomic E-state index is -0.139. The van der Waals surface area contributed by atoms with Gasteiger partial charge in [0.15, 0.2) is 0 Å². The van der Waals surface area contributed by atoms with Crippen molar-refractivity contribution in [2.24, 2.45) is 0 Å². The molecule has 0 radical (unpaired) electrons. The summed E-state index contributed by atoms with van der Waals surface area (Å²) >= 11 is 3.05. The number of fused-ring (bicyclic) bond motifs is 1. The summed E-state index contributed by atoms with van der Waals surface area (Å²) in [7, 11) is 0. The molecule has 2 aromatic heterocycles. The van der Waals surface area contributed by atoms with Crippen LogP contribution in [0.2, 0.25) is 0 Å². The van der Waals surface area contributed by atoms with Crippen LogP contribution in [0.5, 0.6) is 0 Å². The Hall–Kier alpha value is -1.86. The summed E-state index contributed by atoms with van der Waals surface area (Å²) in [6.07, 6.45) is 0. The number of hydrogen-bond acceptors (Lipinski definition) is 6. The zero-order valence-corrected chi connectivity index (χ0v) is 13.3. The quantitative estimate of drug-likeness (QED) is 0.593. The maximum absolute atomic E-state index is 11.8. The highest BCUT2D eigenvalue weighted by Gasteiger charge is 2.09. The molecule has 0 saturated heterocycles. The van der Waals surface area contributed by atoms with Gasteiger partial charge in [-0.1, -0.05) is 17.4 Å². The first kappa shape index (κ1) is 14.1. The third-order valence-corrected chi connectivity index (χ3v) is 5.11. The standard InChI is InChI=1S/C14H14N4OS2/c1-8-3-4-10(15)11(5-8)20-7-12-17-18-13(19)6-9(2)16-14(18)21-12/h3-6H,7,15H2,1-2H3. The van der Waals surface area contributed by atoms with E-state index < -0.39 is 0 Å². The van der Waals surface area contributed by atoms with Gasteiger partial charge in [-0.3, -0.25) is 4.79 Å². The molecule has 0 bridgehead atoms. The van der Waals surface area contributed by atoms with Crippen LogP contribution in [0.3, 0.4) is 0 Å². The average Bonchev–Trinajstić information content (AvgIpc) is 2.83. The summed E-state index contributed by atoms with van der Waals surface area (Å²) in [5.41, 5.74) is 8.47. The Morgan fingerprint density at radius 2 is 2.14 bits per heavy atom. The monoisotopic (exact) mass is 318 g/mol. The Morgan fingerprint density at radius 3 is 2.95 bits per heavy atom. The molecule has 1 aromatic carbocycles. The van der Waals surface area contributed by atoms with Crippen LogP contribution in [0.25, 0.3) is 4.96 Å². The van der Waals surface area contributed by atoms with E-state index in [9.17, 15) is 4.79 Å². The Bertz CT molecular complexity index is 869. The lowest BCUT2D eigenvalue weighted by Gasteiger charge is -2.04. The molecule has 0 aliphatic rings. The molecule has 3 aromatic rings. The van der Waals surface area contributed by atoms with Gasteiger partial charge in [-0.05, 0) is 31.5 Å². The molecule has 108 valence electrons. The molecular formula is C14H14N4OS2. The number of hydrogen-bond donors (Lipinski definition) is 1. The lowest BCUT2D eigenvalue weighted by molar-refractivity contribution is 0.870. The highest BCUT2D eigenvalue weighted by Crippen LogP contribution is 2.29. The van der Waals surface area contributed by atoms with E-state index in [0.717, 1.165) is 15.6 Å². The van der Waals surface area contributed by atoms with Crippen molar-refractivity contribution in [3.63, 3.8) is 0 Å². The largest absolute Gasteiger partial charge is 0.398 e. The first-order valence-corrected chi connectivity index (χ1v) is 8.18. The highest BCUT2D eigenvalue weighted by atomic mass is 32.2. The number of thioether (sulfide) groups is 1. The maximum Gasteiger partial charge on any atom is 0.275 e. The Balaban J connectivity index is 1.87. The number of aryl methyl sites for hydroxylation is 2. The predicted octanol–water partition coefficient (Wildman–Crippen LogP) is 2.64. The molecular weight excluding hydrogens is 304 g/mol. The zero-order chi connectivity index (χ0) is 15.0. The molecule has 0 aliphatic carbocycles. The van der Waals surface area contributed by atoms with Crippen LogP contribution in [0.15, 0.2) is 34.0 Å². The van der Waals surface area contributed by atoms with E-state index in [1.54, 1.807) is 11.8 Å². The lowest BCUT2D eigenvalue weighted by atomic mass is 10.2. The van der Waals surface area contributed by atoms with Crippen molar-refractivity contribution in [1.29, 1.82) is 0 Å². The normalized spacial score (nSPS) is 11.1. The summed E-state index contributed by atoms with van der Waals surface area (Å²) in [4.78, 5) is 17.8. The first-order valence-electron chi connectivity index (χ1n) is 6.38. The van der Waals surface area contributed by atoms with Gasteiger partial charge < -0.3 is 5.73 Å². The topological polar surface area (TPSA) is 73.3 Å². The smallest absolute Gasteiger partial charge is 0.275 e. The summed E-state index contributed by atoms with van der Waals surface area (Å²) in [6, 6.07) is 7.44. The van der Waals surface area contributed by atoms with Crippen LogP contribution in [0.1, 0.15) is 16.3 Å². The third-order valence-electron chi connectivity index (χ3n) is 2.94. The molecule has 0 unspecified atom stereocenters. The van der Waals surface area contributed by atoms with E-state index in [2.05, 4.69) is 16.1 Å². The van der Waals surface area contributed by atoms with Gasteiger partial charge in [0, 0.05) is 22.3 Å². The first-order chi connectivity index (χ1) is 10.0. The fraction of sp³-hybridized carbons (Fsp3) is 0.214. The SMILES string of the molecule is Cc1ccc(N)c(SCc2nn3c(=O)cc(C)nc3s2)c1. The Labute approximate surface area is 129 Å². The van der Waals surface area contributed by atoms with E-state index in [0.29, 0.717) is 16.4 Å². The average molecular weight is 318 g/mol. The number of nitrogens with two attached hydrogens (primary N) is 1. The number of rotatable bonds is 3. The molecule has 3 rings (SSSR count). The minimum Gasteiger partial charge on any atom is -0.398 e. The second-order valence-corrected chi connectivity index (χ2v) is 6.81. The van der Waals surface area contributed by atoms with Crippen molar-refractivity contribution < 1.29 is 0 Å². The van der Waals surface area contributed by atoms with E-state index in [4.69, 9.17) is 5.73 Å². The van der Waals surface area contributed by atoms with Crippen molar-refractivity contribution in [3.05, 3.63) is 50.9 Å². The van der Waals surface area contributed by atoms with Crippen LogP contribution >= 0.6 is 23.1 Å². The van der Waals surface area contributed by atoms with Crippen LogP contribution in [-0.2, 0) is 5.75 Å². The van der Waals surface area contributed by atoms with Gasteiger partial charge in [0.1, 0.15) is 5.01 Å². The maximum atomic E-state index is 11.8. The van der Waals surface area contributed by atoms with Crippen LogP contribution < -0.4 is 11.3 Å². The molecule has 0 aliphatic heterocycles. The molecule has 21 heavy (non-hydrogen) atoms. The van der Waals surface area contributed by atoms with Gasteiger partial charge in [0.25, 0.3) is 5.56 Å². The number of nitrogens with zero attached hydrogens (tertiary/aromatic N) is 3. The van der Waals surface area contributed by atoms with Crippen LogP contribution in [0.4, 0.5) is 5.69 Å². The second kappa shape index (κ2) is 5.50. The van der Waals surface area contributed by atoms with Gasteiger partial charge in [-0.15, -0.1) is 11.8 Å². The molecule has 7 heteroatoms. The van der Waals surface area contributed by atoms with Gasteiger partial charge in [0.2, 0.25) is 4.96 Å². The number of anilines is 1. The Kier molecular flexibility index (Phi) is 3.69. The molecule has 0 atom stereocenters. The highest BCUT2D eigenvalue weighted by molar-refractivity contribution is 7.98. The van der Waals surface area contributed by atoms with E-state index in [1.807, 2.05) is 26.0 Å². The molecule has 0 amide bonds. The van der Waals surface area contributed by atoms with Crippen molar-refractivity contribution in [1.82, 2.24) is 14.6 Å². The van der Waals surface area contributed by atoms with Gasteiger partial charge in [0.05, 0.1) is 5.75 Å². The van der Waals surface area contributed by atoms with E-state index >= 15 is 0 Å². The van der Waals surface area contributed by atoms with Gasteiger partial charge >= 0.3 is 0 Å². The molecule has 2 N–H and O–H groups in total. The summed E-state index contributed by atoms with van der Waals surface area (Å²) in [5, 5.41) is 5.18. The molecule has 2 heterocycles. The van der Waals surface area contributed by atoms with Crippen molar-refractivity contribution in [3.8, 4) is 0 Å². The van der Waals surface area contributed by atoms with Crippen molar-refractivity contribution in [2.45, 2.75) is 24.5 Å². The van der Waals surface area contributed by atoms with E-state index in [1.165, 1.54) is 27.5 Å². The molecule has 0 fully saturated rings. The van der Waals surface area contributed by atoms with Crippen LogP contribution in [0, 0.1) is 13.8 Å². The second-order valence-electron chi connectivity index (χ2n) is 4.76. The number of aromatic nitrogens is 3. The summed E-state index contributed by atoms with van der Waals surface area (Å²) < 4.78 is 1.35. The summed E-state index contributed by atoms with van der Waals surface area (Å²) in [5.74, 6) is 0.667. The molecule has 5 nitrogen and oxygen atoms in total. The van der Waals surface area contributed by atoms with Crippen molar-refractivity contribution in [2.75, 3.05) is 5.73 Å². The predicted molar refractivity (Wildman–Crippen MR) is 87.0 cm³/mol. The third kappa shape index (κ3) is 2.93. The molecule has 0 saturated carbocycles. The fourth-order valence-corrected chi connectivity index (χ4v) is 3.92. The van der Waals surface area contributed by atoms with Gasteiger partial charge in [-0.25, -0.2) is 4.98 Å². The summed E-state index contributed by atoms with van der Waals surface area (Å²) in [6.45, 7) is 3.84. The minimum absolute atomic E-state index is 0.139. The zero-order valence-electron chi connectivity index (χ0n) is 11.7. The Morgan fingerprint density at radius 1 is 1.33 bits per heavy atom. The van der Waals surface area contributed by atoms with Gasteiger partial charge in [-0.2, -0.15) is 9.61 Å². The number of benzene rings is 1. The fourth-order valence-electron chi connectivity index (χ4n) is 1.92. The van der Waals surface area contributed by atoms with E-state index in [-0.39, 0.29) is 5.56 Å². The number of nitrogen functional groups attached to an aromatic ring is 1. The van der Waals surface area contributed by atoms with Crippen LogP contribution in [-0.4, -0.2) is 14.6 Å². The molecule has 0 spiro atoms. The van der Waals surface area contributed by atoms with Crippen molar-refractivity contribution >= 4 is 33.7 Å².